The average Bonchev–Trinajstić information content (AvgIpc) is 2.65. The number of aliphatic hydroxyl groups excluding tert-OH is 1. The molecule has 28 heavy (non-hydrogen) atoms. The van der Waals surface area contributed by atoms with Crippen LogP contribution in [0.15, 0.2) is 60.7 Å². The van der Waals surface area contributed by atoms with Gasteiger partial charge in [0.15, 0.2) is 0 Å². The Morgan fingerprint density at radius 1 is 1.07 bits per heavy atom. The molecule has 2 aromatic rings. The van der Waals surface area contributed by atoms with E-state index in [1.165, 1.54) is 0 Å². The second-order valence-corrected chi connectivity index (χ2v) is 8.34. The molecule has 5 heteroatoms. The summed E-state index contributed by atoms with van der Waals surface area (Å²) in [6.45, 7) is 7.94. The molecule has 0 heterocycles. The lowest BCUT2D eigenvalue weighted by Gasteiger charge is -2.35. The number of nitrogens with one attached hydrogen (secondary N) is 1. The molecule has 0 spiro atoms. The van der Waals surface area contributed by atoms with Gasteiger partial charge in [-0.1, -0.05) is 60.7 Å². The first-order valence-electron chi connectivity index (χ1n) is 9.78. The van der Waals surface area contributed by atoms with Gasteiger partial charge in [0.2, 0.25) is 0 Å². The molecule has 0 saturated heterocycles. The molecule has 0 saturated carbocycles. The standard InChI is InChI=1S/C23H33N3O2/c1-17(19-13-9-6-10-14-19)26(22(28)25-23(2,3)4)16-21(27)20(24)15-18-11-7-5-8-12-18/h5-14,17,20-21,27H,15-16,24H2,1-4H3,(H,25,28)/t17-,20+,21-/m1/s1. The van der Waals surface area contributed by atoms with Crippen LogP contribution in [0.25, 0.3) is 0 Å². The first-order valence-corrected chi connectivity index (χ1v) is 9.78. The van der Waals surface area contributed by atoms with E-state index in [9.17, 15) is 9.90 Å². The molecule has 0 fully saturated rings. The van der Waals surface area contributed by atoms with Gasteiger partial charge in [-0.05, 0) is 45.2 Å². The van der Waals surface area contributed by atoms with Crippen molar-refractivity contribution in [2.45, 2.75) is 57.8 Å². The van der Waals surface area contributed by atoms with Crippen LogP contribution in [0.2, 0.25) is 0 Å². The van der Waals surface area contributed by atoms with E-state index in [1.807, 2.05) is 88.4 Å². The molecule has 0 aliphatic rings. The summed E-state index contributed by atoms with van der Waals surface area (Å²) in [6.07, 6.45) is -0.284. The van der Waals surface area contributed by atoms with E-state index in [4.69, 9.17) is 5.73 Å². The van der Waals surface area contributed by atoms with Crippen molar-refractivity contribution in [2.24, 2.45) is 5.73 Å². The smallest absolute Gasteiger partial charge is 0.318 e. The second-order valence-electron chi connectivity index (χ2n) is 8.34. The molecule has 2 aromatic carbocycles. The topological polar surface area (TPSA) is 78.6 Å². The monoisotopic (exact) mass is 383 g/mol. The first kappa shape index (κ1) is 21.9. The summed E-state index contributed by atoms with van der Waals surface area (Å²) >= 11 is 0. The van der Waals surface area contributed by atoms with Crippen LogP contribution in [0.4, 0.5) is 4.79 Å². The number of hydrogen-bond acceptors (Lipinski definition) is 3. The van der Waals surface area contributed by atoms with Gasteiger partial charge >= 0.3 is 6.03 Å². The summed E-state index contributed by atoms with van der Waals surface area (Å²) in [5.41, 5.74) is 7.96. The van der Waals surface area contributed by atoms with Gasteiger partial charge in [0.05, 0.1) is 18.7 Å². The number of carbonyl (C=O) groups excluding carboxylic acids is 1. The lowest BCUT2D eigenvalue weighted by molar-refractivity contribution is 0.0844. The Hall–Kier alpha value is -2.37. The fourth-order valence-corrected chi connectivity index (χ4v) is 3.08. The molecule has 0 aliphatic heterocycles. The predicted molar refractivity (Wildman–Crippen MR) is 114 cm³/mol. The number of nitrogens with zero attached hydrogens (tertiary/aromatic N) is 1. The molecule has 0 bridgehead atoms. The lowest BCUT2D eigenvalue weighted by Crippen LogP contribution is -2.53. The zero-order valence-corrected chi connectivity index (χ0v) is 17.3. The van der Waals surface area contributed by atoms with Gasteiger partial charge in [0, 0.05) is 11.6 Å². The third-order valence-electron chi connectivity index (χ3n) is 4.68. The van der Waals surface area contributed by atoms with Crippen LogP contribution in [0.3, 0.4) is 0 Å². The fourth-order valence-electron chi connectivity index (χ4n) is 3.08. The van der Waals surface area contributed by atoms with Crippen LogP contribution >= 0.6 is 0 Å². The van der Waals surface area contributed by atoms with Crippen molar-refractivity contribution in [1.82, 2.24) is 10.2 Å². The third-order valence-corrected chi connectivity index (χ3v) is 4.68. The van der Waals surface area contributed by atoms with Crippen LogP contribution in [0.1, 0.15) is 44.9 Å². The van der Waals surface area contributed by atoms with Crippen molar-refractivity contribution in [3.8, 4) is 0 Å². The van der Waals surface area contributed by atoms with E-state index in [-0.39, 0.29) is 24.2 Å². The molecule has 0 aliphatic carbocycles. The Kier molecular flexibility index (Phi) is 7.61. The zero-order chi connectivity index (χ0) is 20.7. The minimum absolute atomic E-state index is 0.159. The molecule has 0 aromatic heterocycles. The first-order chi connectivity index (χ1) is 13.2. The highest BCUT2D eigenvalue weighted by atomic mass is 16.3. The molecule has 5 nitrogen and oxygen atoms in total. The van der Waals surface area contributed by atoms with E-state index in [0.29, 0.717) is 6.42 Å². The summed E-state index contributed by atoms with van der Waals surface area (Å²) in [7, 11) is 0. The van der Waals surface area contributed by atoms with Crippen LogP contribution in [0.5, 0.6) is 0 Å². The Morgan fingerprint density at radius 3 is 2.14 bits per heavy atom. The maximum atomic E-state index is 13.0. The number of hydrogen-bond donors (Lipinski definition) is 3. The zero-order valence-electron chi connectivity index (χ0n) is 17.3. The second kappa shape index (κ2) is 9.71. The van der Waals surface area contributed by atoms with Crippen molar-refractivity contribution < 1.29 is 9.90 Å². The molecule has 4 N–H and O–H groups in total. The van der Waals surface area contributed by atoms with Gasteiger partial charge in [-0.15, -0.1) is 0 Å². The summed E-state index contributed by atoms with van der Waals surface area (Å²) in [6, 6.07) is 18.8. The van der Waals surface area contributed by atoms with E-state index in [2.05, 4.69) is 5.32 Å². The molecular formula is C23H33N3O2. The highest BCUT2D eigenvalue weighted by Gasteiger charge is 2.28. The van der Waals surface area contributed by atoms with Gasteiger partial charge in [-0.2, -0.15) is 0 Å². The predicted octanol–water partition coefficient (Wildman–Crippen LogP) is 3.49. The average molecular weight is 384 g/mol. The SMILES string of the molecule is C[C@H](c1ccccc1)N(C[C@@H](O)[C@@H](N)Cc1ccccc1)C(=O)NC(C)(C)C. The molecule has 3 atom stereocenters. The van der Waals surface area contributed by atoms with Crippen molar-refractivity contribution in [3.63, 3.8) is 0 Å². The van der Waals surface area contributed by atoms with E-state index in [1.54, 1.807) is 4.90 Å². The van der Waals surface area contributed by atoms with E-state index in [0.717, 1.165) is 11.1 Å². The fraction of sp³-hybridized carbons (Fsp3) is 0.435. The number of benzene rings is 2. The van der Waals surface area contributed by atoms with Gasteiger partial charge in [-0.25, -0.2) is 4.79 Å². The summed E-state index contributed by atoms with van der Waals surface area (Å²) in [4.78, 5) is 14.6. The normalized spacial score (nSPS) is 14.8. The van der Waals surface area contributed by atoms with Crippen molar-refractivity contribution >= 4 is 6.03 Å². The van der Waals surface area contributed by atoms with Crippen molar-refractivity contribution in [1.29, 1.82) is 0 Å². The lowest BCUT2D eigenvalue weighted by atomic mass is 10.0. The molecule has 2 rings (SSSR count). The van der Waals surface area contributed by atoms with E-state index >= 15 is 0 Å². The number of nitrogens with two attached hydrogens (primary N) is 1. The Morgan fingerprint density at radius 2 is 1.61 bits per heavy atom. The number of amides is 2. The third kappa shape index (κ3) is 6.66. The highest BCUT2D eigenvalue weighted by molar-refractivity contribution is 5.75. The number of carbonyl (C=O) groups is 1. The largest absolute Gasteiger partial charge is 0.390 e. The van der Waals surface area contributed by atoms with E-state index < -0.39 is 12.1 Å². The Bertz CT molecular complexity index is 729. The Balaban J connectivity index is 2.14. The maximum absolute atomic E-state index is 13.0. The van der Waals surface area contributed by atoms with Crippen molar-refractivity contribution in [2.75, 3.05) is 6.54 Å². The molecular weight excluding hydrogens is 350 g/mol. The molecule has 0 unspecified atom stereocenters. The molecule has 0 radical (unpaired) electrons. The van der Waals surface area contributed by atoms with Gasteiger partial charge in [0.25, 0.3) is 0 Å². The van der Waals surface area contributed by atoms with Gasteiger partial charge in [-0.3, -0.25) is 0 Å². The van der Waals surface area contributed by atoms with Crippen LogP contribution in [-0.2, 0) is 6.42 Å². The highest BCUT2D eigenvalue weighted by Crippen LogP contribution is 2.21. The number of aliphatic hydroxyl groups is 1. The van der Waals surface area contributed by atoms with Gasteiger partial charge in [0.1, 0.15) is 0 Å². The molecule has 152 valence electrons. The molecule has 2 amide bonds. The summed E-state index contributed by atoms with van der Waals surface area (Å²) < 4.78 is 0. The van der Waals surface area contributed by atoms with Crippen LogP contribution in [0, 0.1) is 0 Å². The quantitative estimate of drug-likeness (QED) is 0.685. The van der Waals surface area contributed by atoms with Gasteiger partial charge < -0.3 is 21.1 Å². The summed E-state index contributed by atoms with van der Waals surface area (Å²) in [5.74, 6) is 0. The van der Waals surface area contributed by atoms with Crippen LogP contribution in [-0.4, -0.2) is 40.3 Å². The van der Waals surface area contributed by atoms with Crippen LogP contribution < -0.4 is 11.1 Å². The number of urea groups is 1. The summed E-state index contributed by atoms with van der Waals surface area (Å²) in [5, 5.41) is 13.7. The maximum Gasteiger partial charge on any atom is 0.318 e. The van der Waals surface area contributed by atoms with Crippen molar-refractivity contribution in [3.05, 3.63) is 71.8 Å². The minimum atomic E-state index is -0.836. The number of rotatable bonds is 7. The Labute approximate surface area is 168 Å². The minimum Gasteiger partial charge on any atom is -0.390 e.